The molecule has 36 heavy (non-hydrogen) atoms. The lowest BCUT2D eigenvalue weighted by Crippen LogP contribution is -2.43. The number of carboxylic acid groups (broad SMARTS) is 1. The van der Waals surface area contributed by atoms with E-state index in [4.69, 9.17) is 23.2 Å². The molecule has 1 aliphatic rings. The number of nitrogens with zero attached hydrogens (tertiary/aromatic N) is 1. The lowest BCUT2D eigenvalue weighted by molar-refractivity contribution is -0.139. The molecule has 1 aliphatic heterocycles. The van der Waals surface area contributed by atoms with E-state index < -0.39 is 40.9 Å². The van der Waals surface area contributed by atoms with Crippen LogP contribution >= 0.6 is 23.2 Å². The minimum absolute atomic E-state index is 0.127. The van der Waals surface area contributed by atoms with Gasteiger partial charge < -0.3 is 15.3 Å². The highest BCUT2D eigenvalue weighted by Gasteiger charge is 2.29. The largest absolute Gasteiger partial charge is 0.480 e. The van der Waals surface area contributed by atoms with Crippen LogP contribution in [0, 0.1) is 17.5 Å². The SMILES string of the molecule is CN1CCCc2c(C[C@H](NC(=O)c3c(F)cccc3F)C(=O)O)ccc(-c3c(Cl)cc(F)cc3Cl)c21. The van der Waals surface area contributed by atoms with E-state index in [0.717, 1.165) is 35.9 Å². The van der Waals surface area contributed by atoms with E-state index in [1.807, 2.05) is 11.9 Å². The van der Waals surface area contributed by atoms with E-state index in [0.29, 0.717) is 29.7 Å². The maximum absolute atomic E-state index is 14.0. The second-order valence-corrected chi connectivity index (χ2v) is 9.35. The first-order valence-electron chi connectivity index (χ1n) is 11.1. The molecule has 1 atom stereocenters. The zero-order valence-electron chi connectivity index (χ0n) is 19.0. The minimum Gasteiger partial charge on any atom is -0.480 e. The Labute approximate surface area is 215 Å². The van der Waals surface area contributed by atoms with Crippen LogP contribution in [-0.2, 0) is 17.6 Å². The number of rotatable bonds is 6. The molecule has 1 amide bonds. The normalized spacial score (nSPS) is 13.8. The van der Waals surface area contributed by atoms with Crippen molar-refractivity contribution in [3.05, 3.63) is 86.7 Å². The van der Waals surface area contributed by atoms with Crippen LogP contribution in [0.4, 0.5) is 18.9 Å². The van der Waals surface area contributed by atoms with Crippen LogP contribution in [0.2, 0.25) is 10.0 Å². The summed E-state index contributed by atoms with van der Waals surface area (Å²) in [6.07, 6.45) is 1.27. The van der Waals surface area contributed by atoms with Crippen molar-refractivity contribution in [3.8, 4) is 11.1 Å². The van der Waals surface area contributed by atoms with Crippen LogP contribution in [0.3, 0.4) is 0 Å². The van der Waals surface area contributed by atoms with Crippen molar-refractivity contribution < 1.29 is 27.9 Å². The number of hydrogen-bond donors (Lipinski definition) is 2. The number of hydrogen-bond acceptors (Lipinski definition) is 3. The van der Waals surface area contributed by atoms with Gasteiger partial charge in [-0.05, 0) is 48.2 Å². The molecule has 0 saturated heterocycles. The van der Waals surface area contributed by atoms with Gasteiger partial charge in [-0.2, -0.15) is 0 Å². The molecule has 0 bridgehead atoms. The third kappa shape index (κ3) is 5.01. The molecule has 3 aromatic rings. The minimum atomic E-state index is -1.45. The number of carbonyl (C=O) groups excluding carboxylic acids is 1. The molecule has 4 rings (SSSR count). The summed E-state index contributed by atoms with van der Waals surface area (Å²) in [4.78, 5) is 26.5. The zero-order chi connectivity index (χ0) is 26.1. The Bertz CT molecular complexity index is 1320. The van der Waals surface area contributed by atoms with Crippen molar-refractivity contribution in [2.24, 2.45) is 0 Å². The third-order valence-corrected chi connectivity index (χ3v) is 6.77. The van der Waals surface area contributed by atoms with Gasteiger partial charge in [0, 0.05) is 36.8 Å². The first-order valence-corrected chi connectivity index (χ1v) is 11.8. The summed E-state index contributed by atoms with van der Waals surface area (Å²) < 4.78 is 41.9. The molecule has 0 radical (unpaired) electrons. The van der Waals surface area contributed by atoms with E-state index in [1.165, 1.54) is 12.1 Å². The number of carbonyl (C=O) groups is 2. The quantitative estimate of drug-likeness (QED) is 0.412. The van der Waals surface area contributed by atoms with Gasteiger partial charge in [0.15, 0.2) is 0 Å². The van der Waals surface area contributed by atoms with Crippen LogP contribution < -0.4 is 10.2 Å². The van der Waals surface area contributed by atoms with Crippen molar-refractivity contribution in [2.45, 2.75) is 25.3 Å². The first kappa shape index (κ1) is 25.9. The van der Waals surface area contributed by atoms with E-state index in [-0.39, 0.29) is 16.5 Å². The molecule has 0 aliphatic carbocycles. The predicted octanol–water partition coefficient (Wildman–Crippen LogP) is 5.89. The van der Waals surface area contributed by atoms with Gasteiger partial charge in [-0.3, -0.25) is 4.79 Å². The Morgan fingerprint density at radius 3 is 2.33 bits per heavy atom. The molecule has 0 fully saturated rings. The summed E-state index contributed by atoms with van der Waals surface area (Å²) in [5, 5.41) is 12.3. The monoisotopic (exact) mass is 536 g/mol. The average Bonchev–Trinajstić information content (AvgIpc) is 2.79. The summed E-state index contributed by atoms with van der Waals surface area (Å²) in [7, 11) is 1.87. The zero-order valence-corrected chi connectivity index (χ0v) is 20.6. The standard InChI is InChI=1S/C26H21Cl2F3N2O3/c1-33-9-3-4-15-13(7-8-16(24(15)33)22-17(27)11-14(29)12-18(22)28)10-21(26(35)36)32-25(34)23-19(30)5-2-6-20(23)31/h2,5-8,11-12,21H,3-4,9-10H2,1H3,(H,32,34)(H,35,36)/t21-/m0/s1. The molecule has 10 heteroatoms. The van der Waals surface area contributed by atoms with Crippen LogP contribution in [0.15, 0.2) is 42.5 Å². The molecular weight excluding hydrogens is 516 g/mol. The molecule has 3 aromatic carbocycles. The Kier molecular flexibility index (Phi) is 7.47. The molecule has 1 heterocycles. The Morgan fingerprint density at radius 1 is 1.08 bits per heavy atom. The summed E-state index contributed by atoms with van der Waals surface area (Å²) in [5.41, 5.74) is 2.50. The maximum Gasteiger partial charge on any atom is 0.326 e. The van der Waals surface area contributed by atoms with E-state index in [1.54, 1.807) is 12.1 Å². The number of halogens is 5. The number of anilines is 1. The second-order valence-electron chi connectivity index (χ2n) is 8.53. The molecule has 0 spiro atoms. The predicted molar refractivity (Wildman–Crippen MR) is 132 cm³/mol. The van der Waals surface area contributed by atoms with Gasteiger partial charge in [-0.15, -0.1) is 0 Å². The maximum atomic E-state index is 14.0. The van der Waals surface area contributed by atoms with Gasteiger partial charge in [0.2, 0.25) is 0 Å². The fraction of sp³-hybridized carbons (Fsp3) is 0.231. The van der Waals surface area contributed by atoms with E-state index >= 15 is 0 Å². The molecule has 2 N–H and O–H groups in total. The van der Waals surface area contributed by atoms with Gasteiger partial charge >= 0.3 is 5.97 Å². The van der Waals surface area contributed by atoms with Gasteiger partial charge in [-0.1, -0.05) is 41.4 Å². The smallest absolute Gasteiger partial charge is 0.326 e. The van der Waals surface area contributed by atoms with Crippen molar-refractivity contribution in [1.29, 1.82) is 0 Å². The number of benzene rings is 3. The Balaban J connectivity index is 1.73. The van der Waals surface area contributed by atoms with Gasteiger partial charge in [0.1, 0.15) is 29.1 Å². The van der Waals surface area contributed by atoms with Crippen LogP contribution in [0.5, 0.6) is 0 Å². The summed E-state index contributed by atoms with van der Waals surface area (Å²) >= 11 is 12.7. The second kappa shape index (κ2) is 10.4. The van der Waals surface area contributed by atoms with Gasteiger partial charge in [-0.25, -0.2) is 18.0 Å². The van der Waals surface area contributed by atoms with Crippen molar-refractivity contribution in [3.63, 3.8) is 0 Å². The van der Waals surface area contributed by atoms with Crippen molar-refractivity contribution in [1.82, 2.24) is 5.32 Å². The van der Waals surface area contributed by atoms with Gasteiger partial charge in [0.25, 0.3) is 5.91 Å². The van der Waals surface area contributed by atoms with Crippen LogP contribution in [-0.4, -0.2) is 36.6 Å². The number of carboxylic acids is 1. The molecule has 0 aromatic heterocycles. The topological polar surface area (TPSA) is 69.6 Å². The number of fused-ring (bicyclic) bond motifs is 1. The Morgan fingerprint density at radius 2 is 1.72 bits per heavy atom. The van der Waals surface area contributed by atoms with Crippen molar-refractivity contribution >= 4 is 40.8 Å². The lowest BCUT2D eigenvalue weighted by atomic mass is 9.88. The molecular formula is C26H21Cl2F3N2O3. The highest BCUT2D eigenvalue weighted by molar-refractivity contribution is 6.39. The lowest BCUT2D eigenvalue weighted by Gasteiger charge is -2.32. The summed E-state index contributed by atoms with van der Waals surface area (Å²) in [5.74, 6) is -5.27. The van der Waals surface area contributed by atoms with Gasteiger partial charge in [0.05, 0.1) is 10.0 Å². The molecule has 0 unspecified atom stereocenters. The summed E-state index contributed by atoms with van der Waals surface area (Å²) in [6.45, 7) is 0.714. The molecule has 5 nitrogen and oxygen atoms in total. The first-order chi connectivity index (χ1) is 17.1. The highest BCUT2D eigenvalue weighted by Crippen LogP contribution is 2.44. The van der Waals surface area contributed by atoms with Crippen LogP contribution in [0.25, 0.3) is 11.1 Å². The molecule has 0 saturated carbocycles. The number of aliphatic carboxylic acids is 1. The fourth-order valence-electron chi connectivity index (χ4n) is 4.56. The highest BCUT2D eigenvalue weighted by atomic mass is 35.5. The summed E-state index contributed by atoms with van der Waals surface area (Å²) in [6, 6.07) is 7.27. The third-order valence-electron chi connectivity index (χ3n) is 6.18. The Hall–Kier alpha value is -3.23. The van der Waals surface area contributed by atoms with E-state index in [2.05, 4.69) is 5.32 Å². The van der Waals surface area contributed by atoms with E-state index in [9.17, 15) is 27.9 Å². The van der Waals surface area contributed by atoms with Crippen molar-refractivity contribution in [2.75, 3.05) is 18.5 Å². The average molecular weight is 537 g/mol. The molecule has 188 valence electrons. The number of amides is 1. The van der Waals surface area contributed by atoms with Crippen LogP contribution in [0.1, 0.15) is 27.9 Å². The fourth-order valence-corrected chi connectivity index (χ4v) is 5.22. The number of nitrogens with one attached hydrogen (secondary N) is 1.